The lowest BCUT2D eigenvalue weighted by Crippen LogP contribution is -2.13. The number of nitrogens with one attached hydrogen (secondary N) is 1. The van der Waals surface area contributed by atoms with Crippen molar-refractivity contribution in [1.82, 2.24) is 0 Å². The molecule has 7 heteroatoms. The van der Waals surface area contributed by atoms with Gasteiger partial charge in [0.15, 0.2) is 0 Å². The summed E-state index contributed by atoms with van der Waals surface area (Å²) in [6.45, 7) is 1.60. The van der Waals surface area contributed by atoms with Crippen LogP contribution in [0.3, 0.4) is 0 Å². The monoisotopic (exact) mass is 351 g/mol. The second kappa shape index (κ2) is 6.85. The van der Waals surface area contributed by atoms with Crippen molar-refractivity contribution in [2.45, 2.75) is 6.92 Å². The van der Waals surface area contributed by atoms with Crippen LogP contribution in [-0.2, 0) is 10.0 Å². The fourth-order valence-electron chi connectivity index (χ4n) is 1.97. The average Bonchev–Trinajstić information content (AvgIpc) is 2.46. The molecule has 0 heterocycles. The molecule has 2 N–H and O–H groups in total. The van der Waals surface area contributed by atoms with Crippen LogP contribution < -0.4 is 4.72 Å². The number of benzene rings is 2. The Morgan fingerprint density at radius 2 is 1.83 bits per heavy atom. The molecule has 0 saturated heterocycles. The second-order valence-electron chi connectivity index (χ2n) is 4.80. The van der Waals surface area contributed by atoms with E-state index < -0.39 is 16.0 Å². The molecule has 0 radical (unpaired) electrons. The Balaban J connectivity index is 2.27. The van der Waals surface area contributed by atoms with Gasteiger partial charge in [-0.2, -0.15) is 0 Å². The first kappa shape index (κ1) is 17.1. The summed E-state index contributed by atoms with van der Waals surface area (Å²) in [6, 6.07) is 11.2. The smallest absolute Gasteiger partial charge is 0.338 e. The van der Waals surface area contributed by atoms with E-state index in [9.17, 15) is 18.3 Å². The maximum Gasteiger partial charge on any atom is 0.338 e. The number of hydrogen-bond acceptors (Lipinski definition) is 3. The highest BCUT2D eigenvalue weighted by molar-refractivity contribution is 7.95. The Hall–Kier alpha value is -2.31. The summed E-state index contributed by atoms with van der Waals surface area (Å²) in [4.78, 5) is 11.3. The zero-order valence-electron chi connectivity index (χ0n) is 12.2. The van der Waals surface area contributed by atoms with Crippen molar-refractivity contribution in [1.29, 1.82) is 0 Å². The molecule has 0 saturated carbocycles. The minimum Gasteiger partial charge on any atom is -0.478 e. The highest BCUT2D eigenvalue weighted by Crippen LogP contribution is 2.21. The standard InChI is InChI=1S/C16H14ClNO4S/c1-11-3-2-4-14(15(11)16(19)20)18-23(21,22)10-9-12-5-7-13(17)8-6-12/h2-10,18H,1H3,(H,19,20)/b10-9+. The Morgan fingerprint density at radius 3 is 2.43 bits per heavy atom. The molecule has 0 aliphatic rings. The number of carbonyl (C=O) groups is 1. The number of carboxylic acids is 1. The fraction of sp³-hybridized carbons (Fsp3) is 0.0625. The highest BCUT2D eigenvalue weighted by atomic mass is 35.5. The number of halogens is 1. The van der Waals surface area contributed by atoms with Crippen molar-refractivity contribution >= 4 is 39.4 Å². The Morgan fingerprint density at radius 1 is 1.17 bits per heavy atom. The van der Waals surface area contributed by atoms with Gasteiger partial charge in [-0.25, -0.2) is 13.2 Å². The maximum absolute atomic E-state index is 12.1. The lowest BCUT2D eigenvalue weighted by atomic mass is 10.1. The minimum atomic E-state index is -3.84. The van der Waals surface area contributed by atoms with E-state index in [4.69, 9.17) is 11.6 Å². The summed E-state index contributed by atoms with van der Waals surface area (Å²) >= 11 is 5.76. The predicted molar refractivity (Wildman–Crippen MR) is 91.2 cm³/mol. The number of sulfonamides is 1. The molecular formula is C16H14ClNO4S. The SMILES string of the molecule is Cc1cccc(NS(=O)(=O)/C=C/c2ccc(Cl)cc2)c1C(=O)O. The molecule has 120 valence electrons. The molecule has 0 aliphatic carbocycles. The molecule has 0 atom stereocenters. The van der Waals surface area contributed by atoms with E-state index in [0.29, 0.717) is 16.1 Å². The molecule has 2 aromatic rings. The molecule has 0 amide bonds. The van der Waals surface area contributed by atoms with E-state index in [1.807, 2.05) is 0 Å². The van der Waals surface area contributed by atoms with E-state index in [-0.39, 0.29) is 11.3 Å². The van der Waals surface area contributed by atoms with Crippen molar-refractivity contribution in [2.75, 3.05) is 4.72 Å². The van der Waals surface area contributed by atoms with Crippen LogP contribution in [0.5, 0.6) is 0 Å². The number of carboxylic acid groups (broad SMARTS) is 1. The third kappa shape index (κ3) is 4.58. The van der Waals surface area contributed by atoms with Crippen LogP contribution >= 0.6 is 11.6 Å². The summed E-state index contributed by atoms with van der Waals surface area (Å²) in [7, 11) is -3.84. The minimum absolute atomic E-state index is 0.0262. The van der Waals surface area contributed by atoms with Crippen molar-refractivity contribution in [3.05, 3.63) is 69.6 Å². The van der Waals surface area contributed by atoms with Crippen LogP contribution in [-0.4, -0.2) is 19.5 Å². The van der Waals surface area contributed by atoms with Crippen LogP contribution in [0.2, 0.25) is 5.02 Å². The van der Waals surface area contributed by atoms with Gasteiger partial charge in [0.25, 0.3) is 10.0 Å². The zero-order valence-corrected chi connectivity index (χ0v) is 13.7. The molecule has 0 unspecified atom stereocenters. The van der Waals surface area contributed by atoms with Crippen LogP contribution in [0.25, 0.3) is 6.08 Å². The van der Waals surface area contributed by atoms with Crippen molar-refractivity contribution in [3.8, 4) is 0 Å². The fourth-order valence-corrected chi connectivity index (χ4v) is 2.97. The van der Waals surface area contributed by atoms with Gasteiger partial charge in [-0.05, 0) is 42.3 Å². The van der Waals surface area contributed by atoms with Crippen molar-refractivity contribution < 1.29 is 18.3 Å². The quantitative estimate of drug-likeness (QED) is 0.859. The molecule has 0 bridgehead atoms. The number of aromatic carboxylic acids is 1. The van der Waals surface area contributed by atoms with E-state index in [0.717, 1.165) is 5.41 Å². The van der Waals surface area contributed by atoms with Gasteiger partial charge >= 0.3 is 5.97 Å². The first-order valence-electron chi connectivity index (χ1n) is 6.58. The summed E-state index contributed by atoms with van der Waals surface area (Å²) in [5.74, 6) is -1.19. The molecule has 2 aromatic carbocycles. The van der Waals surface area contributed by atoms with Gasteiger partial charge in [-0.1, -0.05) is 35.9 Å². The highest BCUT2D eigenvalue weighted by Gasteiger charge is 2.16. The lowest BCUT2D eigenvalue weighted by Gasteiger charge is -2.10. The maximum atomic E-state index is 12.1. The lowest BCUT2D eigenvalue weighted by molar-refractivity contribution is 0.0697. The zero-order chi connectivity index (χ0) is 17.0. The van der Waals surface area contributed by atoms with E-state index in [1.165, 1.54) is 12.1 Å². The molecule has 0 spiro atoms. The first-order chi connectivity index (χ1) is 10.8. The number of hydrogen-bond donors (Lipinski definition) is 2. The molecule has 0 aliphatic heterocycles. The average molecular weight is 352 g/mol. The van der Waals surface area contributed by atoms with Gasteiger partial charge in [-0.15, -0.1) is 0 Å². The predicted octanol–water partition coefficient (Wildman–Crippen LogP) is 3.76. The normalized spacial score (nSPS) is 11.6. The van der Waals surface area contributed by atoms with E-state index >= 15 is 0 Å². The van der Waals surface area contributed by atoms with Crippen LogP contribution in [0.4, 0.5) is 5.69 Å². The van der Waals surface area contributed by atoms with Crippen LogP contribution in [0.15, 0.2) is 47.9 Å². The summed E-state index contributed by atoms with van der Waals surface area (Å²) < 4.78 is 26.5. The van der Waals surface area contributed by atoms with Gasteiger partial charge < -0.3 is 5.11 Å². The number of rotatable bonds is 5. The van der Waals surface area contributed by atoms with Gasteiger partial charge in [0.05, 0.1) is 16.7 Å². The third-order valence-electron chi connectivity index (χ3n) is 3.05. The Bertz CT molecular complexity index is 858. The van der Waals surface area contributed by atoms with Gasteiger partial charge in [0, 0.05) is 5.02 Å². The van der Waals surface area contributed by atoms with Gasteiger partial charge in [-0.3, -0.25) is 4.72 Å². The Kier molecular flexibility index (Phi) is 5.08. The van der Waals surface area contributed by atoms with Crippen LogP contribution in [0.1, 0.15) is 21.5 Å². The third-order valence-corrected chi connectivity index (χ3v) is 4.30. The summed E-state index contributed by atoms with van der Waals surface area (Å²) in [6.07, 6.45) is 1.40. The largest absolute Gasteiger partial charge is 0.478 e. The van der Waals surface area contributed by atoms with Crippen LogP contribution in [0, 0.1) is 6.92 Å². The Labute approximate surface area is 139 Å². The summed E-state index contributed by atoms with van der Waals surface area (Å²) in [5, 5.41) is 10.7. The summed E-state index contributed by atoms with van der Waals surface area (Å²) in [5.41, 5.74) is 1.08. The number of aryl methyl sites for hydroxylation is 1. The molecule has 0 aromatic heterocycles. The molecule has 2 rings (SSSR count). The molecular weight excluding hydrogens is 338 g/mol. The number of anilines is 1. The van der Waals surface area contributed by atoms with Gasteiger partial charge in [0.1, 0.15) is 0 Å². The van der Waals surface area contributed by atoms with E-state index in [2.05, 4.69) is 4.72 Å². The van der Waals surface area contributed by atoms with Gasteiger partial charge in [0.2, 0.25) is 0 Å². The van der Waals surface area contributed by atoms with Crippen molar-refractivity contribution in [2.24, 2.45) is 0 Å². The molecule has 23 heavy (non-hydrogen) atoms. The second-order valence-corrected chi connectivity index (χ2v) is 6.81. The topological polar surface area (TPSA) is 83.5 Å². The van der Waals surface area contributed by atoms with Crippen molar-refractivity contribution in [3.63, 3.8) is 0 Å². The first-order valence-corrected chi connectivity index (χ1v) is 8.50. The molecule has 0 fully saturated rings. The molecule has 5 nitrogen and oxygen atoms in total. The van der Waals surface area contributed by atoms with E-state index in [1.54, 1.807) is 43.3 Å².